The van der Waals surface area contributed by atoms with Crippen LogP contribution in [0.1, 0.15) is 17.2 Å². The van der Waals surface area contributed by atoms with Crippen LogP contribution in [-0.2, 0) is 0 Å². The second-order valence-electron chi connectivity index (χ2n) is 3.67. The molecule has 0 aliphatic carbocycles. The molecule has 4 heteroatoms. The molecule has 2 aromatic carbocycles. The van der Waals surface area contributed by atoms with Crippen molar-refractivity contribution in [2.75, 3.05) is 0 Å². The number of halogens is 1. The summed E-state index contributed by atoms with van der Waals surface area (Å²) in [4.78, 5) is 0. The lowest BCUT2D eigenvalue weighted by atomic mass is 9.99. The zero-order valence-electron chi connectivity index (χ0n) is 8.97. The molecule has 0 aliphatic heterocycles. The van der Waals surface area contributed by atoms with Gasteiger partial charge in [-0.15, -0.1) is 0 Å². The van der Waals surface area contributed by atoms with Crippen molar-refractivity contribution >= 4 is 11.6 Å². The van der Waals surface area contributed by atoms with E-state index in [2.05, 4.69) is 5.11 Å². The average Bonchev–Trinajstić information content (AvgIpc) is 2.35. The number of hydrogen-bond acceptors (Lipinski definition) is 3. The monoisotopic (exact) mass is 246 g/mol. The third-order valence-electron chi connectivity index (χ3n) is 2.52. The molecule has 0 amide bonds. The number of phenolic OH excluding ortho intramolecular Hbond substituents is 1. The van der Waals surface area contributed by atoms with E-state index in [1.54, 1.807) is 36.4 Å². The number of aromatic hydroxyl groups is 1. The van der Waals surface area contributed by atoms with Gasteiger partial charge in [0.15, 0.2) is 0 Å². The Labute approximate surface area is 104 Å². The molecule has 0 bridgehead atoms. The van der Waals surface area contributed by atoms with Crippen molar-refractivity contribution in [3.8, 4) is 5.75 Å². The molecular formula is C13H11ClN2O. The molecule has 2 aromatic rings. The van der Waals surface area contributed by atoms with E-state index in [-0.39, 0.29) is 11.8 Å². The average molecular weight is 247 g/mol. The van der Waals surface area contributed by atoms with Crippen molar-refractivity contribution in [3.63, 3.8) is 0 Å². The summed E-state index contributed by atoms with van der Waals surface area (Å²) in [6.45, 7) is 0. The van der Waals surface area contributed by atoms with E-state index in [0.29, 0.717) is 5.02 Å². The first-order chi connectivity index (χ1) is 8.20. The van der Waals surface area contributed by atoms with Gasteiger partial charge in [-0.1, -0.05) is 35.9 Å². The molecule has 0 aromatic heterocycles. The molecule has 0 radical (unpaired) electrons. The molecule has 0 heterocycles. The Hall–Kier alpha value is -1.87. The third-order valence-corrected chi connectivity index (χ3v) is 2.78. The molecule has 0 aliphatic rings. The number of rotatable bonds is 3. The first-order valence-electron chi connectivity index (χ1n) is 5.11. The molecule has 2 rings (SSSR count). The summed E-state index contributed by atoms with van der Waals surface area (Å²) in [7, 11) is 0. The summed E-state index contributed by atoms with van der Waals surface area (Å²) in [5.41, 5.74) is 9.03. The van der Waals surface area contributed by atoms with Gasteiger partial charge in [-0.05, 0) is 35.4 Å². The maximum Gasteiger partial charge on any atom is 0.121 e. The third kappa shape index (κ3) is 2.63. The van der Waals surface area contributed by atoms with Crippen LogP contribution in [0, 0.1) is 5.53 Å². The fourth-order valence-electron chi connectivity index (χ4n) is 1.64. The Morgan fingerprint density at radius 3 is 1.88 bits per heavy atom. The molecule has 2 N–H and O–H groups in total. The van der Waals surface area contributed by atoms with Gasteiger partial charge < -0.3 is 5.11 Å². The van der Waals surface area contributed by atoms with E-state index < -0.39 is 0 Å². The highest BCUT2D eigenvalue weighted by Crippen LogP contribution is 2.27. The normalized spacial score (nSPS) is 12.1. The molecule has 86 valence electrons. The Bertz CT molecular complexity index is 462. The van der Waals surface area contributed by atoms with Crippen molar-refractivity contribution in [2.45, 2.75) is 6.04 Å². The molecule has 0 saturated carbocycles. The molecule has 0 spiro atoms. The maximum atomic E-state index is 9.22. The van der Waals surface area contributed by atoms with Crippen molar-refractivity contribution in [3.05, 3.63) is 64.7 Å². The largest absolute Gasteiger partial charge is 0.508 e. The summed E-state index contributed by atoms with van der Waals surface area (Å²) in [6, 6.07) is 13.6. The lowest BCUT2D eigenvalue weighted by Crippen LogP contribution is -1.96. The highest BCUT2D eigenvalue weighted by Gasteiger charge is 2.12. The molecule has 0 fully saturated rings. The van der Waals surface area contributed by atoms with Crippen LogP contribution >= 0.6 is 11.6 Å². The topological polar surface area (TPSA) is 56.4 Å². The fourth-order valence-corrected chi connectivity index (χ4v) is 1.77. The Kier molecular flexibility index (Phi) is 3.40. The standard InChI is InChI=1S/C13H11ClN2O/c14-11-5-1-9(2-6-11)13(16-15)10-3-7-12(17)8-4-10/h1-8,13,15,17H. The van der Waals surface area contributed by atoms with Crippen molar-refractivity contribution in [2.24, 2.45) is 5.11 Å². The predicted molar refractivity (Wildman–Crippen MR) is 66.5 cm³/mol. The van der Waals surface area contributed by atoms with E-state index >= 15 is 0 Å². The second kappa shape index (κ2) is 4.97. The number of phenols is 1. The SMILES string of the molecule is N=NC(c1ccc(O)cc1)c1ccc(Cl)cc1. The highest BCUT2D eigenvalue weighted by molar-refractivity contribution is 6.30. The molecule has 1 atom stereocenters. The van der Waals surface area contributed by atoms with Gasteiger partial charge in [-0.2, -0.15) is 5.11 Å². The fraction of sp³-hybridized carbons (Fsp3) is 0.0769. The molecule has 3 nitrogen and oxygen atoms in total. The van der Waals surface area contributed by atoms with Gasteiger partial charge in [0.25, 0.3) is 0 Å². The summed E-state index contributed by atoms with van der Waals surface area (Å²) in [5, 5.41) is 13.5. The van der Waals surface area contributed by atoms with Gasteiger partial charge in [0.1, 0.15) is 11.8 Å². The summed E-state index contributed by atoms with van der Waals surface area (Å²) in [6.07, 6.45) is 0. The first kappa shape index (κ1) is 11.6. The van der Waals surface area contributed by atoms with Crippen molar-refractivity contribution < 1.29 is 5.11 Å². The van der Waals surface area contributed by atoms with Crippen LogP contribution in [0.4, 0.5) is 0 Å². The van der Waals surface area contributed by atoms with Crippen LogP contribution in [0.25, 0.3) is 0 Å². The number of hydrogen-bond donors (Lipinski definition) is 2. The first-order valence-corrected chi connectivity index (χ1v) is 5.49. The van der Waals surface area contributed by atoms with Crippen molar-refractivity contribution in [1.29, 1.82) is 5.53 Å². The van der Waals surface area contributed by atoms with Crippen LogP contribution in [0.2, 0.25) is 5.02 Å². The zero-order valence-corrected chi connectivity index (χ0v) is 9.72. The maximum absolute atomic E-state index is 9.22. The summed E-state index contributed by atoms with van der Waals surface area (Å²) < 4.78 is 0. The number of benzene rings is 2. The van der Waals surface area contributed by atoms with Crippen LogP contribution in [0.5, 0.6) is 5.75 Å². The molecule has 1 unspecified atom stereocenters. The van der Waals surface area contributed by atoms with Gasteiger partial charge in [-0.25, -0.2) is 5.53 Å². The second-order valence-corrected chi connectivity index (χ2v) is 4.11. The smallest absolute Gasteiger partial charge is 0.121 e. The van der Waals surface area contributed by atoms with E-state index in [9.17, 15) is 5.11 Å². The molecular weight excluding hydrogens is 236 g/mol. The lowest BCUT2D eigenvalue weighted by Gasteiger charge is -2.11. The predicted octanol–water partition coefficient (Wildman–Crippen LogP) is 4.17. The summed E-state index contributed by atoms with van der Waals surface area (Å²) >= 11 is 5.82. The minimum Gasteiger partial charge on any atom is -0.508 e. The number of nitrogens with zero attached hydrogens (tertiary/aromatic N) is 1. The minimum absolute atomic E-state index is 0.202. The van der Waals surface area contributed by atoms with E-state index in [0.717, 1.165) is 11.1 Å². The van der Waals surface area contributed by atoms with Gasteiger partial charge in [0.05, 0.1) is 0 Å². The number of nitrogens with one attached hydrogen (secondary N) is 1. The van der Waals surface area contributed by atoms with Gasteiger partial charge >= 0.3 is 0 Å². The highest BCUT2D eigenvalue weighted by atomic mass is 35.5. The van der Waals surface area contributed by atoms with Crippen LogP contribution in [0.3, 0.4) is 0 Å². The van der Waals surface area contributed by atoms with Crippen LogP contribution in [-0.4, -0.2) is 5.11 Å². The van der Waals surface area contributed by atoms with Gasteiger partial charge in [-0.3, -0.25) is 0 Å². The van der Waals surface area contributed by atoms with E-state index in [4.69, 9.17) is 17.1 Å². The van der Waals surface area contributed by atoms with Crippen LogP contribution < -0.4 is 0 Å². The van der Waals surface area contributed by atoms with E-state index in [1.165, 1.54) is 0 Å². The minimum atomic E-state index is -0.354. The summed E-state index contributed by atoms with van der Waals surface area (Å²) in [5.74, 6) is 0.202. The lowest BCUT2D eigenvalue weighted by molar-refractivity contribution is 0.475. The Morgan fingerprint density at radius 1 is 0.941 bits per heavy atom. The quantitative estimate of drug-likeness (QED) is 0.785. The van der Waals surface area contributed by atoms with E-state index in [1.807, 2.05) is 12.1 Å². The Balaban J connectivity index is 2.36. The van der Waals surface area contributed by atoms with Gasteiger partial charge in [0, 0.05) is 5.02 Å². The van der Waals surface area contributed by atoms with Gasteiger partial charge in [0.2, 0.25) is 0 Å². The Morgan fingerprint density at radius 2 is 1.41 bits per heavy atom. The molecule has 17 heavy (non-hydrogen) atoms. The van der Waals surface area contributed by atoms with Crippen molar-refractivity contribution in [1.82, 2.24) is 0 Å². The molecule has 0 saturated heterocycles. The zero-order chi connectivity index (χ0) is 12.3. The van der Waals surface area contributed by atoms with Crippen LogP contribution in [0.15, 0.2) is 53.6 Å².